The first-order chi connectivity index (χ1) is 8.85. The number of aryl methyl sites for hydroxylation is 1. The number of benzene rings is 1. The van der Waals surface area contributed by atoms with Crippen LogP contribution in [0, 0.1) is 5.41 Å². The summed E-state index contributed by atoms with van der Waals surface area (Å²) in [5.41, 5.74) is 1.22. The van der Waals surface area contributed by atoms with Crippen LogP contribution in [0.15, 0.2) is 18.2 Å². The zero-order valence-corrected chi connectivity index (χ0v) is 12.7. The normalized spacial score (nSPS) is 11.4. The molecule has 1 rings (SSSR count). The van der Waals surface area contributed by atoms with Gasteiger partial charge in [-0.25, -0.2) is 4.79 Å². The molecule has 106 valence electrons. The number of hydrogen-bond acceptors (Lipinski definition) is 3. The third-order valence-corrected chi connectivity index (χ3v) is 3.04. The topological polar surface area (TPSA) is 46.5 Å². The smallest absolute Gasteiger partial charge is 0.339 e. The number of ether oxygens (including phenoxy) is 1. The Kier molecular flexibility index (Phi) is 5.73. The van der Waals surface area contributed by atoms with E-state index in [-0.39, 0.29) is 11.0 Å². The van der Waals surface area contributed by atoms with Crippen LogP contribution in [0.5, 0.6) is 5.75 Å². The number of carboxylic acids is 1. The van der Waals surface area contributed by atoms with Gasteiger partial charge in [0.25, 0.3) is 0 Å². The summed E-state index contributed by atoms with van der Waals surface area (Å²) < 4.78 is 5.66. The lowest BCUT2D eigenvalue weighted by Gasteiger charge is -2.19. The van der Waals surface area contributed by atoms with Crippen molar-refractivity contribution in [3.63, 3.8) is 0 Å². The predicted molar refractivity (Wildman–Crippen MR) is 80.5 cm³/mol. The molecule has 0 heterocycles. The third-order valence-electron chi connectivity index (χ3n) is 2.82. The number of aromatic carboxylic acids is 1. The molecular formula is C15H22O3S. The summed E-state index contributed by atoms with van der Waals surface area (Å²) >= 11 is 4.16. The number of carbonyl (C=O) groups is 1. The molecule has 0 saturated carbocycles. The van der Waals surface area contributed by atoms with Gasteiger partial charge in [0.1, 0.15) is 11.3 Å². The zero-order valence-electron chi connectivity index (χ0n) is 11.8. The second-order valence-electron chi connectivity index (χ2n) is 5.73. The molecule has 0 aliphatic heterocycles. The van der Waals surface area contributed by atoms with Crippen molar-refractivity contribution in [2.45, 2.75) is 33.6 Å². The van der Waals surface area contributed by atoms with E-state index in [2.05, 4.69) is 33.4 Å². The summed E-state index contributed by atoms with van der Waals surface area (Å²) in [6.45, 7) is 6.91. The van der Waals surface area contributed by atoms with E-state index in [9.17, 15) is 9.90 Å². The van der Waals surface area contributed by atoms with Gasteiger partial charge in [-0.05, 0) is 35.6 Å². The molecule has 0 aromatic heterocycles. The minimum Gasteiger partial charge on any atom is -0.493 e. The van der Waals surface area contributed by atoms with Crippen LogP contribution in [0.4, 0.5) is 0 Å². The molecule has 0 atom stereocenters. The van der Waals surface area contributed by atoms with Crippen LogP contribution in [-0.4, -0.2) is 23.4 Å². The standard InChI is InChI=1S/C15H22O3S/c1-15(2,3)8-9-18-12-6-4-5-11(7-10-19)13(12)14(16)17/h4-6,19H,7-10H2,1-3H3,(H,16,17). The molecular weight excluding hydrogens is 260 g/mol. The van der Waals surface area contributed by atoms with Gasteiger partial charge < -0.3 is 9.84 Å². The Hall–Kier alpha value is -1.16. The Balaban J connectivity index is 2.87. The van der Waals surface area contributed by atoms with Crippen molar-refractivity contribution in [2.24, 2.45) is 5.41 Å². The Morgan fingerprint density at radius 2 is 2.05 bits per heavy atom. The maximum Gasteiger partial charge on any atom is 0.339 e. The highest BCUT2D eigenvalue weighted by molar-refractivity contribution is 7.80. The summed E-state index contributed by atoms with van der Waals surface area (Å²) in [5, 5.41) is 9.33. The van der Waals surface area contributed by atoms with Crippen molar-refractivity contribution in [1.82, 2.24) is 0 Å². The molecule has 0 spiro atoms. The van der Waals surface area contributed by atoms with Crippen LogP contribution in [-0.2, 0) is 6.42 Å². The first-order valence-electron chi connectivity index (χ1n) is 6.44. The molecule has 0 fully saturated rings. The van der Waals surface area contributed by atoms with Gasteiger partial charge in [-0.1, -0.05) is 32.9 Å². The zero-order chi connectivity index (χ0) is 14.5. The fourth-order valence-corrected chi connectivity index (χ4v) is 1.98. The van der Waals surface area contributed by atoms with E-state index >= 15 is 0 Å². The molecule has 3 nitrogen and oxygen atoms in total. The van der Waals surface area contributed by atoms with E-state index < -0.39 is 5.97 Å². The molecule has 0 amide bonds. The molecule has 0 aliphatic rings. The first-order valence-corrected chi connectivity index (χ1v) is 7.07. The van der Waals surface area contributed by atoms with Gasteiger partial charge in [-0.3, -0.25) is 0 Å². The van der Waals surface area contributed by atoms with E-state index in [0.29, 0.717) is 24.5 Å². The van der Waals surface area contributed by atoms with Gasteiger partial charge in [0.15, 0.2) is 0 Å². The van der Waals surface area contributed by atoms with Gasteiger partial charge in [-0.15, -0.1) is 0 Å². The third kappa shape index (κ3) is 5.15. The first kappa shape index (κ1) is 15.9. The molecule has 0 bridgehead atoms. The number of rotatable bonds is 6. The van der Waals surface area contributed by atoms with Gasteiger partial charge in [0.2, 0.25) is 0 Å². The molecule has 0 aliphatic carbocycles. The Bertz CT molecular complexity index is 436. The van der Waals surface area contributed by atoms with Crippen LogP contribution in [0.3, 0.4) is 0 Å². The number of thiol groups is 1. The monoisotopic (exact) mass is 282 g/mol. The molecule has 1 aromatic rings. The van der Waals surface area contributed by atoms with Crippen LogP contribution >= 0.6 is 12.6 Å². The van der Waals surface area contributed by atoms with E-state index in [1.165, 1.54) is 0 Å². The molecule has 0 saturated heterocycles. The molecule has 4 heteroatoms. The minimum atomic E-state index is -0.942. The maximum absolute atomic E-state index is 11.4. The van der Waals surface area contributed by atoms with Gasteiger partial charge in [0, 0.05) is 0 Å². The fraction of sp³-hybridized carbons (Fsp3) is 0.533. The van der Waals surface area contributed by atoms with Gasteiger partial charge in [-0.2, -0.15) is 12.6 Å². The lowest BCUT2D eigenvalue weighted by atomic mass is 9.93. The maximum atomic E-state index is 11.4. The van der Waals surface area contributed by atoms with E-state index in [1.54, 1.807) is 6.07 Å². The second-order valence-corrected chi connectivity index (χ2v) is 6.18. The number of carboxylic acid groups (broad SMARTS) is 1. The van der Waals surface area contributed by atoms with Crippen LogP contribution in [0.1, 0.15) is 43.1 Å². The highest BCUT2D eigenvalue weighted by atomic mass is 32.1. The SMILES string of the molecule is CC(C)(C)CCOc1cccc(CCS)c1C(=O)O. The van der Waals surface area contributed by atoms with Crippen molar-refractivity contribution in [2.75, 3.05) is 12.4 Å². The van der Waals surface area contributed by atoms with E-state index in [1.807, 2.05) is 12.1 Å². The second kappa shape index (κ2) is 6.85. The van der Waals surface area contributed by atoms with Crippen molar-refractivity contribution >= 4 is 18.6 Å². The highest BCUT2D eigenvalue weighted by Crippen LogP contribution is 2.25. The lowest BCUT2D eigenvalue weighted by Crippen LogP contribution is -2.13. The molecule has 0 radical (unpaired) electrons. The number of hydrogen-bond donors (Lipinski definition) is 2. The van der Waals surface area contributed by atoms with Crippen molar-refractivity contribution in [3.8, 4) is 5.75 Å². The largest absolute Gasteiger partial charge is 0.493 e. The summed E-state index contributed by atoms with van der Waals surface area (Å²) in [5.74, 6) is 0.130. The predicted octanol–water partition coefficient (Wildman–Crippen LogP) is 3.67. The van der Waals surface area contributed by atoms with Crippen molar-refractivity contribution in [1.29, 1.82) is 0 Å². The van der Waals surface area contributed by atoms with Gasteiger partial charge in [0.05, 0.1) is 6.61 Å². The van der Waals surface area contributed by atoms with Crippen LogP contribution in [0.25, 0.3) is 0 Å². The summed E-state index contributed by atoms with van der Waals surface area (Å²) in [6.07, 6.45) is 1.50. The Labute approximate surface area is 120 Å². The average molecular weight is 282 g/mol. The molecule has 0 unspecified atom stereocenters. The molecule has 1 N–H and O–H groups in total. The van der Waals surface area contributed by atoms with Crippen LogP contribution < -0.4 is 4.74 Å². The van der Waals surface area contributed by atoms with Crippen molar-refractivity contribution < 1.29 is 14.6 Å². The van der Waals surface area contributed by atoms with Crippen LogP contribution in [0.2, 0.25) is 0 Å². The fourth-order valence-electron chi connectivity index (χ4n) is 1.74. The highest BCUT2D eigenvalue weighted by Gasteiger charge is 2.17. The van der Waals surface area contributed by atoms with Gasteiger partial charge >= 0.3 is 5.97 Å². The quantitative estimate of drug-likeness (QED) is 0.783. The lowest BCUT2D eigenvalue weighted by molar-refractivity contribution is 0.0690. The Morgan fingerprint density at radius 1 is 1.37 bits per heavy atom. The average Bonchev–Trinajstić information content (AvgIpc) is 2.27. The van der Waals surface area contributed by atoms with E-state index in [0.717, 1.165) is 12.0 Å². The summed E-state index contributed by atoms with van der Waals surface area (Å²) in [7, 11) is 0. The summed E-state index contributed by atoms with van der Waals surface area (Å²) in [4.78, 5) is 11.4. The molecule has 19 heavy (non-hydrogen) atoms. The van der Waals surface area contributed by atoms with Crippen molar-refractivity contribution in [3.05, 3.63) is 29.3 Å². The molecule has 1 aromatic carbocycles. The Morgan fingerprint density at radius 3 is 2.58 bits per heavy atom. The minimum absolute atomic E-state index is 0.173. The summed E-state index contributed by atoms with van der Waals surface area (Å²) in [6, 6.07) is 5.36. The van der Waals surface area contributed by atoms with E-state index in [4.69, 9.17) is 4.74 Å².